The summed E-state index contributed by atoms with van der Waals surface area (Å²) in [7, 11) is 1.39. The van der Waals surface area contributed by atoms with E-state index >= 15 is 0 Å². The van der Waals surface area contributed by atoms with Gasteiger partial charge >= 0.3 is 5.97 Å². The van der Waals surface area contributed by atoms with Crippen LogP contribution in [0.3, 0.4) is 0 Å². The Labute approximate surface area is 107 Å². The van der Waals surface area contributed by atoms with Crippen molar-refractivity contribution in [3.05, 3.63) is 11.8 Å². The van der Waals surface area contributed by atoms with Gasteiger partial charge in [0.25, 0.3) is 0 Å². The number of ether oxygens (including phenoxy) is 1. The van der Waals surface area contributed by atoms with Crippen molar-refractivity contribution < 1.29 is 13.9 Å². The molecule has 0 aliphatic heterocycles. The quantitative estimate of drug-likeness (QED) is 0.740. The van der Waals surface area contributed by atoms with Gasteiger partial charge in [-0.25, -0.2) is 0 Å². The van der Waals surface area contributed by atoms with E-state index in [-0.39, 0.29) is 12.0 Å². The number of aryl methyl sites for hydroxylation is 1. The molecule has 1 aromatic rings. The molecule has 1 heterocycles. The molecule has 0 aliphatic carbocycles. The van der Waals surface area contributed by atoms with E-state index in [9.17, 15) is 4.79 Å². The Kier molecular flexibility index (Phi) is 5.77. The van der Waals surface area contributed by atoms with Crippen LogP contribution in [0.1, 0.15) is 39.0 Å². The van der Waals surface area contributed by atoms with Crippen LogP contribution in [-0.2, 0) is 22.5 Å². The van der Waals surface area contributed by atoms with Gasteiger partial charge in [-0.1, -0.05) is 20.8 Å². The fourth-order valence-electron chi connectivity index (χ4n) is 1.59. The lowest BCUT2D eigenvalue weighted by Gasteiger charge is -2.17. The van der Waals surface area contributed by atoms with Crippen LogP contribution >= 0.6 is 0 Å². The Morgan fingerprint density at radius 2 is 2.06 bits per heavy atom. The first kappa shape index (κ1) is 14.6. The van der Waals surface area contributed by atoms with Crippen LogP contribution < -0.4 is 5.32 Å². The van der Waals surface area contributed by atoms with Crippen molar-refractivity contribution in [1.82, 2.24) is 15.5 Å². The van der Waals surface area contributed by atoms with Gasteiger partial charge in [-0.2, -0.15) is 0 Å². The maximum atomic E-state index is 11.6. The second kappa shape index (κ2) is 7.10. The SMILES string of the molecule is CCc1nnc(CNC(CC(C)C)C(=O)OC)o1. The highest BCUT2D eigenvalue weighted by atomic mass is 16.5. The summed E-state index contributed by atoms with van der Waals surface area (Å²) >= 11 is 0. The third-order valence-electron chi connectivity index (χ3n) is 2.50. The third kappa shape index (κ3) is 4.44. The van der Waals surface area contributed by atoms with E-state index in [0.29, 0.717) is 37.1 Å². The Hall–Kier alpha value is -1.43. The number of nitrogens with one attached hydrogen (secondary N) is 1. The fourth-order valence-corrected chi connectivity index (χ4v) is 1.59. The van der Waals surface area contributed by atoms with Gasteiger partial charge in [0.15, 0.2) is 0 Å². The Balaban J connectivity index is 2.52. The molecular weight excluding hydrogens is 234 g/mol. The van der Waals surface area contributed by atoms with Gasteiger partial charge in [-0.3, -0.25) is 10.1 Å². The first-order valence-electron chi connectivity index (χ1n) is 6.19. The molecule has 0 aromatic carbocycles. The topological polar surface area (TPSA) is 77.2 Å². The van der Waals surface area contributed by atoms with Crippen molar-refractivity contribution in [1.29, 1.82) is 0 Å². The molecule has 6 heteroatoms. The molecule has 6 nitrogen and oxygen atoms in total. The molecule has 1 rings (SSSR count). The van der Waals surface area contributed by atoms with E-state index in [1.165, 1.54) is 7.11 Å². The zero-order valence-corrected chi connectivity index (χ0v) is 11.4. The zero-order chi connectivity index (χ0) is 13.5. The predicted molar refractivity (Wildman–Crippen MR) is 65.8 cm³/mol. The number of nitrogens with zero attached hydrogens (tertiary/aromatic N) is 2. The molecule has 0 bridgehead atoms. The molecule has 0 saturated heterocycles. The number of hydrogen-bond donors (Lipinski definition) is 1. The maximum Gasteiger partial charge on any atom is 0.322 e. The van der Waals surface area contributed by atoms with E-state index in [1.54, 1.807) is 0 Å². The normalized spacial score (nSPS) is 12.7. The summed E-state index contributed by atoms with van der Waals surface area (Å²) in [6, 6.07) is -0.341. The first-order chi connectivity index (χ1) is 8.56. The van der Waals surface area contributed by atoms with Gasteiger partial charge in [-0.05, 0) is 12.3 Å². The van der Waals surface area contributed by atoms with Crippen LogP contribution in [0, 0.1) is 5.92 Å². The molecule has 0 saturated carbocycles. The summed E-state index contributed by atoms with van der Waals surface area (Å²) < 4.78 is 10.1. The van der Waals surface area contributed by atoms with Crippen molar-refractivity contribution in [2.75, 3.05) is 7.11 Å². The number of esters is 1. The molecular formula is C12H21N3O3. The molecule has 1 atom stereocenters. The van der Waals surface area contributed by atoms with E-state index in [2.05, 4.69) is 29.4 Å². The summed E-state index contributed by atoms with van der Waals surface area (Å²) in [6.45, 7) is 6.43. The smallest absolute Gasteiger partial charge is 0.322 e. The molecule has 0 amide bonds. The number of carbonyl (C=O) groups excluding carboxylic acids is 1. The van der Waals surface area contributed by atoms with E-state index < -0.39 is 0 Å². The maximum absolute atomic E-state index is 11.6. The Bertz CT molecular complexity index is 376. The van der Waals surface area contributed by atoms with Gasteiger partial charge < -0.3 is 9.15 Å². The van der Waals surface area contributed by atoms with Crippen molar-refractivity contribution in [3.63, 3.8) is 0 Å². The highest BCUT2D eigenvalue weighted by molar-refractivity contribution is 5.75. The third-order valence-corrected chi connectivity index (χ3v) is 2.50. The van der Waals surface area contributed by atoms with Crippen LogP contribution in [0.2, 0.25) is 0 Å². The van der Waals surface area contributed by atoms with Crippen LogP contribution in [0.15, 0.2) is 4.42 Å². The van der Waals surface area contributed by atoms with Gasteiger partial charge in [0.05, 0.1) is 13.7 Å². The second-order valence-corrected chi connectivity index (χ2v) is 4.53. The van der Waals surface area contributed by atoms with Gasteiger partial charge in [0.1, 0.15) is 6.04 Å². The summed E-state index contributed by atoms with van der Waals surface area (Å²) in [4.78, 5) is 11.6. The average molecular weight is 255 g/mol. The Morgan fingerprint density at radius 1 is 1.39 bits per heavy atom. The fraction of sp³-hybridized carbons (Fsp3) is 0.750. The molecule has 102 valence electrons. The molecule has 1 aromatic heterocycles. The van der Waals surface area contributed by atoms with Crippen molar-refractivity contribution in [2.24, 2.45) is 5.92 Å². The number of carbonyl (C=O) groups is 1. The number of hydrogen-bond acceptors (Lipinski definition) is 6. The van der Waals surface area contributed by atoms with Crippen molar-refractivity contribution >= 4 is 5.97 Å². The highest BCUT2D eigenvalue weighted by Crippen LogP contribution is 2.07. The highest BCUT2D eigenvalue weighted by Gasteiger charge is 2.20. The number of methoxy groups -OCH3 is 1. The number of aromatic nitrogens is 2. The lowest BCUT2D eigenvalue weighted by Crippen LogP contribution is -2.38. The number of rotatable bonds is 7. The molecule has 1 N–H and O–H groups in total. The average Bonchev–Trinajstić information content (AvgIpc) is 2.81. The van der Waals surface area contributed by atoms with E-state index in [1.807, 2.05) is 6.92 Å². The summed E-state index contributed by atoms with van der Waals surface area (Å²) in [5.41, 5.74) is 0. The van der Waals surface area contributed by atoms with Gasteiger partial charge in [-0.15, -0.1) is 10.2 Å². The molecule has 0 fully saturated rings. The summed E-state index contributed by atoms with van der Waals surface area (Å²) in [5.74, 6) is 1.23. The van der Waals surface area contributed by atoms with Gasteiger partial charge in [0, 0.05) is 6.42 Å². The minimum atomic E-state index is -0.341. The second-order valence-electron chi connectivity index (χ2n) is 4.53. The van der Waals surface area contributed by atoms with Gasteiger partial charge in [0.2, 0.25) is 11.8 Å². The largest absolute Gasteiger partial charge is 0.468 e. The Morgan fingerprint density at radius 3 is 2.56 bits per heavy atom. The molecule has 18 heavy (non-hydrogen) atoms. The molecule has 0 radical (unpaired) electrons. The molecule has 1 unspecified atom stereocenters. The monoisotopic (exact) mass is 255 g/mol. The van der Waals surface area contributed by atoms with Crippen LogP contribution in [-0.4, -0.2) is 29.3 Å². The lowest BCUT2D eigenvalue weighted by atomic mass is 10.0. The van der Waals surface area contributed by atoms with Crippen molar-refractivity contribution in [3.8, 4) is 0 Å². The van der Waals surface area contributed by atoms with Crippen LogP contribution in [0.25, 0.3) is 0 Å². The van der Waals surface area contributed by atoms with E-state index in [4.69, 9.17) is 9.15 Å². The molecule has 0 spiro atoms. The lowest BCUT2D eigenvalue weighted by molar-refractivity contribution is -0.143. The minimum absolute atomic E-state index is 0.265. The summed E-state index contributed by atoms with van der Waals surface area (Å²) in [6.07, 6.45) is 1.42. The minimum Gasteiger partial charge on any atom is -0.468 e. The standard InChI is InChI=1S/C12H21N3O3/c1-5-10-14-15-11(18-10)7-13-9(6-8(2)3)12(16)17-4/h8-9,13H,5-7H2,1-4H3. The predicted octanol–water partition coefficient (Wildman–Crippen LogP) is 1.31. The summed E-state index contributed by atoms with van der Waals surface area (Å²) in [5, 5.41) is 10.8. The van der Waals surface area contributed by atoms with E-state index in [0.717, 1.165) is 0 Å². The van der Waals surface area contributed by atoms with Crippen LogP contribution in [0.4, 0.5) is 0 Å². The first-order valence-corrected chi connectivity index (χ1v) is 6.19. The zero-order valence-electron chi connectivity index (χ0n) is 11.4. The van der Waals surface area contributed by atoms with Crippen LogP contribution in [0.5, 0.6) is 0 Å². The van der Waals surface area contributed by atoms with Crippen molar-refractivity contribution in [2.45, 2.75) is 46.2 Å². The molecule has 0 aliphatic rings.